The third-order valence-corrected chi connectivity index (χ3v) is 7.58. The van der Waals surface area contributed by atoms with Crippen molar-refractivity contribution >= 4 is 33.8 Å². The van der Waals surface area contributed by atoms with Gasteiger partial charge in [-0.05, 0) is 67.1 Å². The first-order valence-corrected chi connectivity index (χ1v) is 13.5. The average molecular weight is 531 g/mol. The Morgan fingerprint density at radius 2 is 1.82 bits per heavy atom. The number of rotatable bonds is 8. The van der Waals surface area contributed by atoms with Crippen molar-refractivity contribution in [2.75, 3.05) is 43.9 Å². The smallest absolute Gasteiger partial charge is 0.255 e. The molecular formula is C29H31FN6OS. The minimum Gasteiger partial charge on any atom is -0.331 e. The second-order valence-electron chi connectivity index (χ2n) is 9.58. The van der Waals surface area contributed by atoms with Crippen LogP contribution in [0.4, 0.5) is 20.9 Å². The normalized spacial score (nSPS) is 14.4. The van der Waals surface area contributed by atoms with Gasteiger partial charge in [-0.1, -0.05) is 12.1 Å². The largest absolute Gasteiger partial charge is 0.331 e. The van der Waals surface area contributed by atoms with Gasteiger partial charge in [-0.15, -0.1) is 11.3 Å². The topological polar surface area (TPSA) is 73.4 Å². The van der Waals surface area contributed by atoms with Crippen molar-refractivity contribution in [1.82, 2.24) is 19.8 Å². The van der Waals surface area contributed by atoms with Gasteiger partial charge in [-0.3, -0.25) is 14.7 Å². The molecule has 1 amide bonds. The average Bonchev–Trinajstić information content (AvgIpc) is 3.41. The van der Waals surface area contributed by atoms with Crippen molar-refractivity contribution in [2.24, 2.45) is 0 Å². The summed E-state index contributed by atoms with van der Waals surface area (Å²) in [7, 11) is 2.11. The van der Waals surface area contributed by atoms with Crippen molar-refractivity contribution in [2.45, 2.75) is 20.1 Å². The molecule has 9 heteroatoms. The maximum atomic E-state index is 13.9. The zero-order valence-electron chi connectivity index (χ0n) is 21.6. The number of anilines is 3. The highest BCUT2D eigenvalue weighted by Gasteiger charge is 2.17. The van der Waals surface area contributed by atoms with E-state index in [-0.39, 0.29) is 5.91 Å². The number of benzene rings is 2. The number of amides is 1. The van der Waals surface area contributed by atoms with E-state index in [0.29, 0.717) is 23.4 Å². The fourth-order valence-corrected chi connectivity index (χ4v) is 5.16. The molecule has 0 saturated carbocycles. The molecule has 38 heavy (non-hydrogen) atoms. The zero-order chi connectivity index (χ0) is 26.5. The highest BCUT2D eigenvalue weighted by molar-refractivity contribution is 7.14. The molecule has 4 aromatic rings. The standard InChI is InChI=1S/C29H31FN6OS/c1-20-3-6-25(16-26(20)33-29-34-27(19-38-29)21-7-9-31-10-8-21)32-28(37)22-4-5-23(24(15-22)17-30)18-36-13-11-35(2)12-14-36/h3-10,15-16,19H,11-14,17-18H2,1-2H3,(H,32,37)(H,33,34). The number of nitrogens with one attached hydrogen (secondary N) is 2. The van der Waals surface area contributed by atoms with E-state index in [9.17, 15) is 9.18 Å². The van der Waals surface area contributed by atoms with Crippen LogP contribution < -0.4 is 10.6 Å². The summed E-state index contributed by atoms with van der Waals surface area (Å²) < 4.78 is 13.9. The van der Waals surface area contributed by atoms with Gasteiger partial charge >= 0.3 is 0 Å². The summed E-state index contributed by atoms with van der Waals surface area (Å²) in [4.78, 5) is 26.4. The molecule has 196 valence electrons. The number of aromatic nitrogens is 2. The third-order valence-electron chi connectivity index (χ3n) is 6.82. The van der Waals surface area contributed by atoms with Crippen LogP contribution in [0.25, 0.3) is 11.3 Å². The molecule has 1 aliphatic rings. The van der Waals surface area contributed by atoms with Gasteiger partial charge in [0.25, 0.3) is 5.91 Å². The van der Waals surface area contributed by atoms with Crippen molar-refractivity contribution in [1.29, 1.82) is 0 Å². The number of halogens is 1. The van der Waals surface area contributed by atoms with Gasteiger partial charge < -0.3 is 15.5 Å². The Kier molecular flexibility index (Phi) is 8.07. The number of hydrogen-bond donors (Lipinski definition) is 2. The van der Waals surface area contributed by atoms with Crippen LogP contribution >= 0.6 is 11.3 Å². The van der Waals surface area contributed by atoms with Crippen LogP contribution in [0.1, 0.15) is 27.0 Å². The molecular weight excluding hydrogens is 499 g/mol. The van der Waals surface area contributed by atoms with Gasteiger partial charge in [0, 0.05) is 73.0 Å². The minimum absolute atomic E-state index is 0.269. The van der Waals surface area contributed by atoms with Gasteiger partial charge in [0.05, 0.1) is 5.69 Å². The van der Waals surface area contributed by atoms with Gasteiger partial charge in [-0.2, -0.15) is 0 Å². The Balaban J connectivity index is 1.26. The Morgan fingerprint density at radius 3 is 2.58 bits per heavy atom. The van der Waals surface area contributed by atoms with Crippen LogP contribution in [0.3, 0.4) is 0 Å². The van der Waals surface area contributed by atoms with Gasteiger partial charge in [0.15, 0.2) is 5.13 Å². The maximum Gasteiger partial charge on any atom is 0.255 e. The summed E-state index contributed by atoms with van der Waals surface area (Å²) in [6.07, 6.45) is 3.49. The number of thiazole rings is 1. The number of aryl methyl sites for hydroxylation is 1. The van der Waals surface area contributed by atoms with Gasteiger partial charge in [-0.25, -0.2) is 9.37 Å². The molecule has 0 atom stereocenters. The number of alkyl halides is 1. The van der Waals surface area contributed by atoms with Crippen molar-refractivity contribution < 1.29 is 9.18 Å². The molecule has 1 saturated heterocycles. The molecule has 1 aliphatic heterocycles. The molecule has 3 heterocycles. The predicted octanol–water partition coefficient (Wildman–Crippen LogP) is 5.73. The third kappa shape index (κ3) is 6.24. The van der Waals surface area contributed by atoms with E-state index in [1.807, 2.05) is 48.7 Å². The van der Waals surface area contributed by atoms with Crippen LogP contribution in [-0.4, -0.2) is 58.9 Å². The number of carbonyl (C=O) groups excluding carboxylic acids is 1. The van der Waals surface area contributed by atoms with E-state index in [1.165, 1.54) is 11.3 Å². The van der Waals surface area contributed by atoms with Gasteiger partial charge in [0.1, 0.15) is 6.67 Å². The molecule has 2 aromatic carbocycles. The number of likely N-dealkylation sites (N-methyl/N-ethyl adjacent to an activating group) is 1. The highest BCUT2D eigenvalue weighted by atomic mass is 32.1. The fourth-order valence-electron chi connectivity index (χ4n) is 4.43. The Hall–Kier alpha value is -3.66. The summed E-state index contributed by atoms with van der Waals surface area (Å²) in [5.74, 6) is -0.269. The van der Waals surface area contributed by atoms with E-state index >= 15 is 0 Å². The monoisotopic (exact) mass is 530 g/mol. The second kappa shape index (κ2) is 11.8. The van der Waals surface area contributed by atoms with Gasteiger partial charge in [0.2, 0.25) is 0 Å². The number of carbonyl (C=O) groups is 1. The number of piperazine rings is 1. The van der Waals surface area contributed by atoms with Crippen molar-refractivity contribution in [3.05, 3.63) is 88.6 Å². The first kappa shape index (κ1) is 26.0. The van der Waals surface area contributed by atoms with Crippen molar-refractivity contribution in [3.8, 4) is 11.3 Å². The fraction of sp³-hybridized carbons (Fsp3) is 0.276. The van der Waals surface area contributed by atoms with E-state index < -0.39 is 6.67 Å². The lowest BCUT2D eigenvalue weighted by Crippen LogP contribution is -2.44. The first-order valence-electron chi connectivity index (χ1n) is 12.6. The molecule has 2 aromatic heterocycles. The van der Waals surface area contributed by atoms with Crippen LogP contribution in [0.5, 0.6) is 0 Å². The lowest BCUT2D eigenvalue weighted by atomic mass is 10.0. The Bertz CT molecular complexity index is 1400. The highest BCUT2D eigenvalue weighted by Crippen LogP contribution is 2.29. The second-order valence-corrected chi connectivity index (χ2v) is 10.4. The molecule has 1 fully saturated rings. The van der Waals surface area contributed by atoms with Crippen molar-refractivity contribution in [3.63, 3.8) is 0 Å². The van der Waals surface area contributed by atoms with E-state index in [1.54, 1.807) is 24.5 Å². The molecule has 0 spiro atoms. The maximum absolute atomic E-state index is 13.9. The number of pyridine rings is 1. The van der Waals surface area contributed by atoms with Crippen LogP contribution in [0, 0.1) is 6.92 Å². The lowest BCUT2D eigenvalue weighted by Gasteiger charge is -2.32. The SMILES string of the molecule is Cc1ccc(NC(=O)c2ccc(CN3CCN(C)CC3)c(CF)c2)cc1Nc1nc(-c2ccncc2)cs1. The van der Waals surface area contributed by atoms with Crippen LogP contribution in [0.15, 0.2) is 66.3 Å². The van der Waals surface area contributed by atoms with Crippen LogP contribution in [0.2, 0.25) is 0 Å². The minimum atomic E-state index is -0.599. The molecule has 0 bridgehead atoms. The summed E-state index contributed by atoms with van der Waals surface area (Å²) in [6.45, 7) is 6.03. The summed E-state index contributed by atoms with van der Waals surface area (Å²) >= 11 is 1.51. The summed E-state index contributed by atoms with van der Waals surface area (Å²) in [5.41, 5.74) is 6.35. The Labute approximate surface area is 226 Å². The quantitative estimate of drug-likeness (QED) is 0.303. The number of hydrogen-bond acceptors (Lipinski definition) is 7. The summed E-state index contributed by atoms with van der Waals surface area (Å²) in [5, 5.41) is 9.08. The molecule has 7 nitrogen and oxygen atoms in total. The predicted molar refractivity (Wildman–Crippen MR) is 152 cm³/mol. The van der Waals surface area contributed by atoms with E-state index in [4.69, 9.17) is 0 Å². The molecule has 0 aliphatic carbocycles. The zero-order valence-corrected chi connectivity index (χ0v) is 22.4. The molecule has 5 rings (SSSR count). The van der Waals surface area contributed by atoms with E-state index in [0.717, 1.165) is 59.4 Å². The lowest BCUT2D eigenvalue weighted by molar-refractivity contribution is 0.102. The molecule has 2 N–H and O–H groups in total. The molecule has 0 radical (unpaired) electrons. The first-order chi connectivity index (χ1) is 18.5. The van der Waals surface area contributed by atoms with Crippen LogP contribution in [-0.2, 0) is 13.2 Å². The number of nitrogens with zero attached hydrogens (tertiary/aromatic N) is 4. The molecule has 0 unspecified atom stereocenters. The summed E-state index contributed by atoms with van der Waals surface area (Å²) in [6, 6.07) is 14.9. The Morgan fingerprint density at radius 1 is 1.03 bits per heavy atom. The van der Waals surface area contributed by atoms with E-state index in [2.05, 4.69) is 37.4 Å².